The molecule has 31 heavy (non-hydrogen) atoms. The molecule has 0 unspecified atom stereocenters. The molecule has 1 aliphatic heterocycles. The van der Waals surface area contributed by atoms with E-state index in [1.54, 1.807) is 42.5 Å². The number of hydrogen-bond donors (Lipinski definition) is 0. The summed E-state index contributed by atoms with van der Waals surface area (Å²) in [6.07, 6.45) is 1.61. The van der Waals surface area contributed by atoms with Crippen LogP contribution in [0.3, 0.4) is 0 Å². The summed E-state index contributed by atoms with van der Waals surface area (Å²) in [5.41, 5.74) is 0.478. The Morgan fingerprint density at radius 2 is 1.97 bits per heavy atom. The zero-order valence-corrected chi connectivity index (χ0v) is 17.3. The molecule has 1 aliphatic rings. The van der Waals surface area contributed by atoms with Crippen LogP contribution in [0.4, 0.5) is 0 Å². The second-order valence-electron chi connectivity index (χ2n) is 7.46. The van der Waals surface area contributed by atoms with Gasteiger partial charge in [-0.3, -0.25) is 13.9 Å². The molecule has 2 aromatic carbocycles. The predicted molar refractivity (Wildman–Crippen MR) is 115 cm³/mol. The number of halogens is 1. The predicted octanol–water partition coefficient (Wildman–Crippen LogP) is 3.09. The molecular weight excluding hydrogens is 420 g/mol. The molecule has 0 bridgehead atoms. The van der Waals surface area contributed by atoms with Gasteiger partial charge in [-0.05, 0) is 37.1 Å². The molecule has 0 amide bonds. The first-order valence-electron chi connectivity index (χ1n) is 10.0. The summed E-state index contributed by atoms with van der Waals surface area (Å²) in [4.78, 5) is 30.7. The van der Waals surface area contributed by atoms with Crippen LogP contribution < -0.4 is 11.2 Å². The van der Waals surface area contributed by atoms with Crippen LogP contribution in [-0.4, -0.2) is 32.0 Å². The van der Waals surface area contributed by atoms with Gasteiger partial charge in [-0.25, -0.2) is 4.79 Å². The van der Waals surface area contributed by atoms with Gasteiger partial charge in [0.25, 0.3) is 5.56 Å². The molecule has 0 aliphatic carbocycles. The fourth-order valence-corrected chi connectivity index (χ4v) is 4.07. The highest BCUT2D eigenvalue weighted by Gasteiger charge is 2.21. The lowest BCUT2D eigenvalue weighted by Crippen LogP contribution is -2.42. The quantitative estimate of drug-likeness (QED) is 0.475. The molecular formula is C22H19ClN4O4. The Morgan fingerprint density at radius 3 is 2.77 bits per heavy atom. The Balaban J connectivity index is 1.56. The van der Waals surface area contributed by atoms with E-state index in [4.69, 9.17) is 20.9 Å². The van der Waals surface area contributed by atoms with Crippen LogP contribution in [0.1, 0.15) is 18.7 Å². The molecule has 5 rings (SSSR count). The van der Waals surface area contributed by atoms with Crippen molar-refractivity contribution >= 4 is 22.5 Å². The summed E-state index contributed by atoms with van der Waals surface area (Å²) in [5, 5.41) is 5.02. The molecule has 158 valence electrons. The number of aromatic nitrogens is 4. The van der Waals surface area contributed by atoms with Gasteiger partial charge in [0, 0.05) is 17.2 Å². The van der Waals surface area contributed by atoms with Gasteiger partial charge in [0.15, 0.2) is 0 Å². The summed E-state index contributed by atoms with van der Waals surface area (Å²) in [6.45, 7) is 0.911. The average Bonchev–Trinajstić information content (AvgIpc) is 3.46. The van der Waals surface area contributed by atoms with Gasteiger partial charge in [-0.1, -0.05) is 41.0 Å². The van der Waals surface area contributed by atoms with Crippen LogP contribution in [0.25, 0.3) is 22.3 Å². The Hall–Kier alpha value is -3.23. The van der Waals surface area contributed by atoms with E-state index in [1.807, 2.05) is 6.07 Å². The number of fused-ring (bicyclic) bond motifs is 1. The van der Waals surface area contributed by atoms with E-state index >= 15 is 0 Å². The first-order valence-corrected chi connectivity index (χ1v) is 10.4. The van der Waals surface area contributed by atoms with E-state index in [-0.39, 0.29) is 30.6 Å². The third kappa shape index (κ3) is 3.80. The van der Waals surface area contributed by atoms with Crippen molar-refractivity contribution in [2.24, 2.45) is 0 Å². The third-order valence-corrected chi connectivity index (χ3v) is 5.62. The number of nitrogens with zero attached hydrogens (tertiary/aromatic N) is 4. The van der Waals surface area contributed by atoms with Gasteiger partial charge < -0.3 is 9.26 Å². The van der Waals surface area contributed by atoms with Crippen LogP contribution in [0.15, 0.2) is 62.6 Å². The average molecular weight is 439 g/mol. The molecule has 8 nitrogen and oxygen atoms in total. The van der Waals surface area contributed by atoms with Crippen molar-refractivity contribution in [2.75, 3.05) is 6.61 Å². The molecule has 2 aromatic heterocycles. The fourth-order valence-electron chi connectivity index (χ4n) is 3.88. The minimum atomic E-state index is -0.429. The van der Waals surface area contributed by atoms with Crippen LogP contribution in [0.2, 0.25) is 5.02 Å². The second kappa shape index (κ2) is 8.13. The van der Waals surface area contributed by atoms with Crippen molar-refractivity contribution in [3.8, 4) is 11.4 Å². The van der Waals surface area contributed by atoms with Gasteiger partial charge in [0.05, 0.1) is 23.6 Å². The molecule has 9 heteroatoms. The van der Waals surface area contributed by atoms with E-state index in [0.29, 0.717) is 33.9 Å². The standard InChI is InChI=1S/C22H19ClN4O4/c23-15-6-3-5-14(11-15)20-24-19(31-25-20)13-26-18-9-2-1-8-17(18)21(28)27(22(26)29)12-16-7-4-10-30-16/h1-3,5-6,8-9,11,16H,4,7,10,12-13H2/t16-/m0/s1. The number of benzene rings is 2. The summed E-state index contributed by atoms with van der Waals surface area (Å²) < 4.78 is 13.8. The van der Waals surface area contributed by atoms with Crippen LogP contribution >= 0.6 is 11.6 Å². The number of hydrogen-bond acceptors (Lipinski definition) is 6. The van der Waals surface area contributed by atoms with Crippen molar-refractivity contribution in [1.29, 1.82) is 0 Å². The fraction of sp³-hybridized carbons (Fsp3) is 0.273. The van der Waals surface area contributed by atoms with Gasteiger partial charge in [-0.15, -0.1) is 0 Å². The second-order valence-corrected chi connectivity index (χ2v) is 7.90. The maximum atomic E-state index is 13.3. The summed E-state index contributed by atoms with van der Waals surface area (Å²) in [7, 11) is 0. The first-order chi connectivity index (χ1) is 15.1. The van der Waals surface area contributed by atoms with Crippen LogP contribution in [0.5, 0.6) is 0 Å². The topological polar surface area (TPSA) is 92.2 Å². The molecule has 1 atom stereocenters. The lowest BCUT2D eigenvalue weighted by Gasteiger charge is -2.15. The summed E-state index contributed by atoms with van der Waals surface area (Å²) in [5.74, 6) is 0.632. The Morgan fingerprint density at radius 1 is 1.10 bits per heavy atom. The maximum absolute atomic E-state index is 13.3. The molecule has 0 spiro atoms. The zero-order valence-electron chi connectivity index (χ0n) is 16.5. The minimum absolute atomic E-state index is 0.0404. The van der Waals surface area contributed by atoms with Gasteiger partial charge in [0.1, 0.15) is 6.54 Å². The number of para-hydroxylation sites is 1. The third-order valence-electron chi connectivity index (χ3n) is 5.39. The van der Waals surface area contributed by atoms with E-state index in [1.165, 1.54) is 9.13 Å². The zero-order chi connectivity index (χ0) is 21.4. The first kappa shape index (κ1) is 19.7. The molecule has 0 saturated carbocycles. The molecule has 3 heterocycles. The lowest BCUT2D eigenvalue weighted by atomic mass is 10.2. The minimum Gasteiger partial charge on any atom is -0.376 e. The van der Waals surface area contributed by atoms with E-state index < -0.39 is 5.69 Å². The van der Waals surface area contributed by atoms with Gasteiger partial charge >= 0.3 is 5.69 Å². The normalized spacial score (nSPS) is 16.2. The van der Waals surface area contributed by atoms with Crippen molar-refractivity contribution in [3.63, 3.8) is 0 Å². The highest BCUT2D eigenvalue weighted by molar-refractivity contribution is 6.30. The SMILES string of the molecule is O=c1c2ccccc2n(Cc2nc(-c3cccc(Cl)c3)no2)c(=O)n1C[C@@H]1CCCO1. The smallest absolute Gasteiger partial charge is 0.332 e. The summed E-state index contributed by atoms with van der Waals surface area (Å²) >= 11 is 6.05. The number of rotatable bonds is 5. The van der Waals surface area contributed by atoms with Crippen molar-refractivity contribution < 1.29 is 9.26 Å². The van der Waals surface area contributed by atoms with Gasteiger partial charge in [0.2, 0.25) is 11.7 Å². The van der Waals surface area contributed by atoms with Crippen LogP contribution in [0, 0.1) is 0 Å². The summed E-state index contributed by atoms with van der Waals surface area (Å²) in [6, 6.07) is 14.1. The highest BCUT2D eigenvalue weighted by Crippen LogP contribution is 2.20. The molecule has 0 radical (unpaired) electrons. The molecule has 0 N–H and O–H groups in total. The molecule has 1 fully saturated rings. The van der Waals surface area contributed by atoms with Crippen molar-refractivity contribution in [2.45, 2.75) is 32.0 Å². The van der Waals surface area contributed by atoms with Crippen LogP contribution in [-0.2, 0) is 17.8 Å². The largest absolute Gasteiger partial charge is 0.376 e. The highest BCUT2D eigenvalue weighted by atomic mass is 35.5. The van der Waals surface area contributed by atoms with E-state index in [0.717, 1.165) is 12.8 Å². The Bertz CT molecular complexity index is 1370. The Labute approximate surface area is 181 Å². The Kier molecular flexibility index (Phi) is 5.17. The van der Waals surface area contributed by atoms with E-state index in [2.05, 4.69) is 10.1 Å². The number of ether oxygens (including phenoxy) is 1. The monoisotopic (exact) mass is 438 g/mol. The van der Waals surface area contributed by atoms with E-state index in [9.17, 15) is 9.59 Å². The molecule has 4 aromatic rings. The molecule has 1 saturated heterocycles. The maximum Gasteiger partial charge on any atom is 0.332 e. The van der Waals surface area contributed by atoms with Gasteiger partial charge in [-0.2, -0.15) is 4.98 Å². The van der Waals surface area contributed by atoms with Crippen molar-refractivity contribution in [1.82, 2.24) is 19.3 Å². The lowest BCUT2D eigenvalue weighted by molar-refractivity contribution is 0.0948. The van der Waals surface area contributed by atoms with Crippen molar-refractivity contribution in [3.05, 3.63) is 80.3 Å².